The average molecular weight is 301 g/mol. The Morgan fingerprint density at radius 1 is 1.42 bits per heavy atom. The molecule has 1 heterocycles. The Labute approximate surface area is 116 Å². The number of rotatable bonds is 5. The van der Waals surface area contributed by atoms with E-state index in [-0.39, 0.29) is 16.5 Å². The average Bonchev–Trinajstić information content (AvgIpc) is 2.85. The van der Waals surface area contributed by atoms with Crippen LogP contribution in [-0.4, -0.2) is 24.9 Å². The summed E-state index contributed by atoms with van der Waals surface area (Å²) in [6.07, 6.45) is 3.69. The molecule has 2 aromatic rings. The topological polar surface area (TPSA) is 101 Å². The van der Waals surface area contributed by atoms with Crippen LogP contribution in [0.25, 0.3) is 0 Å². The minimum atomic E-state index is -3.66. The van der Waals surface area contributed by atoms with Gasteiger partial charge in [0.15, 0.2) is 0 Å². The molecule has 0 amide bonds. The van der Waals surface area contributed by atoms with Crippen LogP contribution in [0.3, 0.4) is 0 Å². The smallest absolute Gasteiger partial charge is 0.242 e. The van der Waals surface area contributed by atoms with Gasteiger partial charge in [0.25, 0.3) is 0 Å². The molecule has 4 N–H and O–H groups in total. The minimum absolute atomic E-state index is 0.0150. The lowest BCUT2D eigenvalue weighted by Gasteiger charge is -2.08. The van der Waals surface area contributed by atoms with Crippen molar-refractivity contribution in [2.75, 3.05) is 12.3 Å². The van der Waals surface area contributed by atoms with E-state index in [1.165, 1.54) is 12.1 Å². The zero-order chi connectivity index (χ0) is 13.9. The lowest BCUT2D eigenvalue weighted by Crippen LogP contribution is -2.26. The number of aromatic amines is 1. The van der Waals surface area contributed by atoms with Crippen molar-refractivity contribution in [2.45, 2.75) is 11.3 Å². The van der Waals surface area contributed by atoms with Crippen molar-refractivity contribution < 1.29 is 8.42 Å². The number of nitrogens with one attached hydrogen (secondary N) is 2. The molecule has 1 aromatic heterocycles. The second kappa shape index (κ2) is 5.60. The highest BCUT2D eigenvalue weighted by Gasteiger charge is 2.17. The molecule has 0 saturated carbocycles. The zero-order valence-electron chi connectivity index (χ0n) is 9.93. The van der Waals surface area contributed by atoms with Gasteiger partial charge in [-0.3, -0.25) is 0 Å². The SMILES string of the molecule is Nc1ccc(Cl)c(S(=O)(=O)NCCc2cnc[nH]2)c1. The van der Waals surface area contributed by atoms with Gasteiger partial charge in [-0.25, -0.2) is 18.1 Å². The van der Waals surface area contributed by atoms with E-state index in [0.29, 0.717) is 12.1 Å². The van der Waals surface area contributed by atoms with Gasteiger partial charge < -0.3 is 10.7 Å². The third-order valence-corrected chi connectivity index (χ3v) is 4.43. The Morgan fingerprint density at radius 2 is 2.21 bits per heavy atom. The van der Waals surface area contributed by atoms with E-state index >= 15 is 0 Å². The van der Waals surface area contributed by atoms with E-state index in [0.717, 1.165) is 5.69 Å². The second-order valence-corrected chi connectivity index (χ2v) is 6.06. The number of sulfonamides is 1. The van der Waals surface area contributed by atoms with Crippen LogP contribution < -0.4 is 10.5 Å². The summed E-state index contributed by atoms with van der Waals surface area (Å²) in [5.41, 5.74) is 6.76. The summed E-state index contributed by atoms with van der Waals surface area (Å²) >= 11 is 5.87. The number of aromatic nitrogens is 2. The van der Waals surface area contributed by atoms with Gasteiger partial charge in [-0.15, -0.1) is 0 Å². The summed E-state index contributed by atoms with van der Waals surface area (Å²) in [5.74, 6) is 0. The number of benzene rings is 1. The molecule has 0 atom stereocenters. The van der Waals surface area contributed by atoms with E-state index in [1.807, 2.05) is 0 Å². The molecular formula is C11H13ClN4O2S. The molecular weight excluding hydrogens is 288 g/mol. The van der Waals surface area contributed by atoms with Gasteiger partial charge in [0.1, 0.15) is 4.90 Å². The molecule has 6 nitrogen and oxygen atoms in total. The van der Waals surface area contributed by atoms with Gasteiger partial charge in [0.2, 0.25) is 10.0 Å². The number of H-pyrrole nitrogens is 1. The van der Waals surface area contributed by atoms with E-state index in [4.69, 9.17) is 17.3 Å². The molecule has 0 bridgehead atoms. The lowest BCUT2D eigenvalue weighted by molar-refractivity contribution is 0.581. The maximum atomic E-state index is 12.1. The van der Waals surface area contributed by atoms with Crippen LogP contribution in [0.5, 0.6) is 0 Å². The number of halogens is 1. The zero-order valence-corrected chi connectivity index (χ0v) is 11.5. The largest absolute Gasteiger partial charge is 0.399 e. The van der Waals surface area contributed by atoms with Crippen LogP contribution in [0.1, 0.15) is 5.69 Å². The van der Waals surface area contributed by atoms with Crippen molar-refractivity contribution in [1.82, 2.24) is 14.7 Å². The first kappa shape index (κ1) is 13.9. The Morgan fingerprint density at radius 3 is 2.89 bits per heavy atom. The highest BCUT2D eigenvalue weighted by molar-refractivity contribution is 7.89. The monoisotopic (exact) mass is 300 g/mol. The second-order valence-electron chi connectivity index (χ2n) is 3.91. The molecule has 19 heavy (non-hydrogen) atoms. The predicted octanol–water partition coefficient (Wildman–Crippen LogP) is 1.17. The van der Waals surface area contributed by atoms with E-state index in [2.05, 4.69) is 14.7 Å². The Bertz CT molecular complexity index is 655. The van der Waals surface area contributed by atoms with Crippen molar-refractivity contribution in [3.05, 3.63) is 41.4 Å². The van der Waals surface area contributed by atoms with Gasteiger partial charge >= 0.3 is 0 Å². The fourth-order valence-corrected chi connectivity index (χ4v) is 3.11. The van der Waals surface area contributed by atoms with Crippen LogP contribution in [-0.2, 0) is 16.4 Å². The van der Waals surface area contributed by atoms with Crippen LogP contribution in [0, 0.1) is 0 Å². The number of nitrogen functional groups attached to an aromatic ring is 1. The molecule has 1 aromatic carbocycles. The van der Waals surface area contributed by atoms with Crippen LogP contribution in [0.4, 0.5) is 5.69 Å². The third-order valence-electron chi connectivity index (χ3n) is 2.49. The summed E-state index contributed by atoms with van der Waals surface area (Å²) in [4.78, 5) is 6.73. The van der Waals surface area contributed by atoms with Gasteiger partial charge in [-0.05, 0) is 18.2 Å². The van der Waals surface area contributed by atoms with Crippen molar-refractivity contribution in [1.29, 1.82) is 0 Å². The number of anilines is 1. The summed E-state index contributed by atoms with van der Waals surface area (Å²) in [5, 5.41) is 0.142. The molecule has 102 valence electrons. The summed E-state index contributed by atoms with van der Waals surface area (Å²) in [6.45, 7) is 0.246. The molecule has 0 aliphatic carbocycles. The molecule has 0 aliphatic rings. The Balaban J connectivity index is 2.07. The maximum absolute atomic E-state index is 12.1. The van der Waals surface area contributed by atoms with Crippen LogP contribution in [0.2, 0.25) is 5.02 Å². The molecule has 0 radical (unpaired) electrons. The van der Waals surface area contributed by atoms with E-state index in [9.17, 15) is 8.42 Å². The van der Waals surface area contributed by atoms with E-state index < -0.39 is 10.0 Å². The molecule has 8 heteroatoms. The predicted molar refractivity (Wildman–Crippen MR) is 73.3 cm³/mol. The Kier molecular flexibility index (Phi) is 4.08. The van der Waals surface area contributed by atoms with Gasteiger partial charge in [0.05, 0.1) is 11.3 Å². The number of hydrogen-bond donors (Lipinski definition) is 3. The highest BCUT2D eigenvalue weighted by atomic mass is 35.5. The first-order valence-corrected chi connectivity index (χ1v) is 7.37. The summed E-state index contributed by atoms with van der Waals surface area (Å²) in [7, 11) is -3.66. The Hall–Kier alpha value is -1.57. The molecule has 0 fully saturated rings. The van der Waals surface area contributed by atoms with Crippen molar-refractivity contribution in [3.63, 3.8) is 0 Å². The number of imidazole rings is 1. The third kappa shape index (κ3) is 3.46. The van der Waals surface area contributed by atoms with Crippen LogP contribution >= 0.6 is 11.6 Å². The summed E-state index contributed by atoms with van der Waals surface area (Å²) in [6, 6.07) is 4.34. The normalized spacial score (nSPS) is 11.6. The molecule has 0 saturated heterocycles. The number of hydrogen-bond acceptors (Lipinski definition) is 4. The lowest BCUT2D eigenvalue weighted by atomic mass is 10.3. The minimum Gasteiger partial charge on any atom is -0.399 e. The molecule has 0 unspecified atom stereocenters. The molecule has 0 spiro atoms. The molecule has 2 rings (SSSR count). The fourth-order valence-electron chi connectivity index (χ4n) is 1.55. The van der Waals surface area contributed by atoms with Crippen LogP contribution in [0.15, 0.2) is 35.6 Å². The quantitative estimate of drug-likeness (QED) is 0.721. The maximum Gasteiger partial charge on any atom is 0.242 e. The highest BCUT2D eigenvalue weighted by Crippen LogP contribution is 2.23. The van der Waals surface area contributed by atoms with Crippen molar-refractivity contribution >= 4 is 27.3 Å². The van der Waals surface area contributed by atoms with Gasteiger partial charge in [-0.2, -0.15) is 0 Å². The summed E-state index contributed by atoms with van der Waals surface area (Å²) < 4.78 is 26.6. The van der Waals surface area contributed by atoms with Gasteiger partial charge in [0, 0.05) is 30.5 Å². The standard InChI is InChI=1S/C11H13ClN4O2S/c12-10-2-1-8(13)5-11(10)19(17,18)16-4-3-9-6-14-7-15-9/h1-2,5-7,16H,3-4,13H2,(H,14,15). The van der Waals surface area contributed by atoms with Crippen molar-refractivity contribution in [2.24, 2.45) is 0 Å². The first-order valence-electron chi connectivity index (χ1n) is 5.51. The first-order chi connectivity index (χ1) is 8.99. The van der Waals surface area contributed by atoms with E-state index in [1.54, 1.807) is 18.6 Å². The fraction of sp³-hybridized carbons (Fsp3) is 0.182. The van der Waals surface area contributed by atoms with Gasteiger partial charge in [-0.1, -0.05) is 11.6 Å². The molecule has 0 aliphatic heterocycles. The number of nitrogens with two attached hydrogens (primary N) is 1. The van der Waals surface area contributed by atoms with Crippen molar-refractivity contribution in [3.8, 4) is 0 Å². The number of nitrogens with zero attached hydrogens (tertiary/aromatic N) is 1.